The summed E-state index contributed by atoms with van der Waals surface area (Å²) in [5, 5.41) is 6.50. The number of piperidine rings is 1. The van der Waals surface area contributed by atoms with Crippen molar-refractivity contribution in [1.29, 1.82) is 0 Å². The number of nitrogens with zero attached hydrogens (tertiary/aromatic N) is 1. The van der Waals surface area contributed by atoms with Crippen molar-refractivity contribution in [3.05, 3.63) is 29.8 Å². The summed E-state index contributed by atoms with van der Waals surface area (Å²) in [5.74, 6) is 0.0519. The zero-order valence-corrected chi connectivity index (χ0v) is 12.8. The highest BCUT2D eigenvalue weighted by Crippen LogP contribution is 2.20. The Hall–Kier alpha value is -1.55. The smallest absolute Gasteiger partial charge is 0.251 e. The molecule has 1 heterocycles. The first kappa shape index (κ1) is 14.4. The largest absolute Gasteiger partial charge is 0.383 e. The normalized spacial score (nSPS) is 22.8. The molecule has 4 heteroatoms. The van der Waals surface area contributed by atoms with E-state index in [0.29, 0.717) is 12.1 Å². The van der Waals surface area contributed by atoms with Crippen LogP contribution in [0.1, 0.15) is 42.5 Å². The molecule has 1 aromatic carbocycles. The van der Waals surface area contributed by atoms with E-state index >= 15 is 0 Å². The monoisotopic (exact) mass is 287 g/mol. The van der Waals surface area contributed by atoms with E-state index in [1.54, 1.807) is 0 Å². The molecule has 1 atom stereocenters. The molecule has 0 bridgehead atoms. The second-order valence-corrected chi connectivity index (χ2v) is 6.34. The van der Waals surface area contributed by atoms with E-state index in [4.69, 9.17) is 0 Å². The minimum absolute atomic E-state index is 0.0519. The van der Waals surface area contributed by atoms with Crippen molar-refractivity contribution in [3.63, 3.8) is 0 Å². The number of anilines is 1. The molecule has 3 rings (SSSR count). The average molecular weight is 287 g/mol. The van der Waals surface area contributed by atoms with Crippen LogP contribution in [-0.2, 0) is 0 Å². The second-order valence-electron chi connectivity index (χ2n) is 6.34. The summed E-state index contributed by atoms with van der Waals surface area (Å²) in [6.45, 7) is 2.18. The molecular formula is C17H25N3O. The summed E-state index contributed by atoms with van der Waals surface area (Å²) < 4.78 is 0. The van der Waals surface area contributed by atoms with Crippen LogP contribution in [-0.4, -0.2) is 43.0 Å². The number of carbonyl (C=O) groups excluding carboxylic acids is 1. The molecule has 0 spiro atoms. The molecule has 1 saturated heterocycles. The average Bonchev–Trinajstić information content (AvgIpc) is 3.31. The van der Waals surface area contributed by atoms with Crippen molar-refractivity contribution in [1.82, 2.24) is 10.2 Å². The number of likely N-dealkylation sites (N-methyl/N-ethyl adjacent to an activating group) is 1. The number of amides is 1. The molecule has 2 aliphatic rings. The highest BCUT2D eigenvalue weighted by atomic mass is 16.1. The van der Waals surface area contributed by atoms with Crippen LogP contribution in [0, 0.1) is 0 Å². The fraction of sp³-hybridized carbons (Fsp3) is 0.588. The summed E-state index contributed by atoms with van der Waals surface area (Å²) in [7, 11) is 2.21. The lowest BCUT2D eigenvalue weighted by molar-refractivity contribution is 0.0951. The lowest BCUT2D eigenvalue weighted by Crippen LogP contribution is -2.40. The van der Waals surface area contributed by atoms with Gasteiger partial charge in [-0.05, 0) is 63.5 Å². The Morgan fingerprint density at radius 2 is 1.95 bits per heavy atom. The molecule has 1 aliphatic heterocycles. The topological polar surface area (TPSA) is 44.4 Å². The van der Waals surface area contributed by atoms with Crippen LogP contribution in [0.3, 0.4) is 0 Å². The van der Waals surface area contributed by atoms with Crippen LogP contribution >= 0.6 is 0 Å². The number of nitrogens with one attached hydrogen (secondary N) is 2. The molecule has 1 saturated carbocycles. The van der Waals surface area contributed by atoms with E-state index in [2.05, 4.69) is 22.6 Å². The van der Waals surface area contributed by atoms with Crippen LogP contribution in [0.5, 0.6) is 0 Å². The van der Waals surface area contributed by atoms with Gasteiger partial charge in [0.05, 0.1) is 0 Å². The van der Waals surface area contributed by atoms with Gasteiger partial charge in [-0.3, -0.25) is 4.79 Å². The third-order valence-electron chi connectivity index (χ3n) is 4.52. The van der Waals surface area contributed by atoms with Crippen molar-refractivity contribution in [2.75, 3.05) is 25.5 Å². The van der Waals surface area contributed by atoms with E-state index < -0.39 is 0 Å². The van der Waals surface area contributed by atoms with Gasteiger partial charge in [0.2, 0.25) is 0 Å². The third-order valence-corrected chi connectivity index (χ3v) is 4.52. The van der Waals surface area contributed by atoms with Crippen LogP contribution in [0.2, 0.25) is 0 Å². The summed E-state index contributed by atoms with van der Waals surface area (Å²) in [6.07, 6.45) is 6.17. The van der Waals surface area contributed by atoms with Crippen molar-refractivity contribution >= 4 is 11.6 Å². The minimum atomic E-state index is 0.0519. The fourth-order valence-corrected chi connectivity index (χ4v) is 2.87. The Morgan fingerprint density at radius 1 is 1.19 bits per heavy atom. The molecule has 4 nitrogen and oxygen atoms in total. The maximum atomic E-state index is 11.9. The lowest BCUT2D eigenvalue weighted by atomic mass is 10.0. The first-order chi connectivity index (χ1) is 10.2. The molecular weight excluding hydrogens is 262 g/mol. The van der Waals surface area contributed by atoms with E-state index in [0.717, 1.165) is 30.6 Å². The maximum Gasteiger partial charge on any atom is 0.251 e. The Balaban J connectivity index is 1.50. The van der Waals surface area contributed by atoms with Crippen molar-refractivity contribution in [2.24, 2.45) is 0 Å². The molecule has 1 amide bonds. The number of carbonyl (C=O) groups is 1. The number of hydrogen-bond acceptors (Lipinski definition) is 3. The molecule has 1 aromatic rings. The lowest BCUT2D eigenvalue weighted by Gasteiger charge is -2.32. The summed E-state index contributed by atoms with van der Waals surface area (Å²) in [6, 6.07) is 8.86. The first-order valence-corrected chi connectivity index (χ1v) is 8.07. The first-order valence-electron chi connectivity index (χ1n) is 8.07. The van der Waals surface area contributed by atoms with E-state index in [-0.39, 0.29) is 5.91 Å². The van der Waals surface area contributed by atoms with Crippen molar-refractivity contribution in [2.45, 2.75) is 44.2 Å². The SMILES string of the molecule is CN1CCCCC1CNc1ccc(C(=O)NC2CC2)cc1. The Labute approximate surface area is 126 Å². The molecule has 114 valence electrons. The summed E-state index contributed by atoms with van der Waals surface area (Å²) >= 11 is 0. The van der Waals surface area contributed by atoms with Gasteiger partial charge in [-0.2, -0.15) is 0 Å². The van der Waals surface area contributed by atoms with Gasteiger partial charge in [-0.1, -0.05) is 6.42 Å². The van der Waals surface area contributed by atoms with Gasteiger partial charge in [-0.15, -0.1) is 0 Å². The van der Waals surface area contributed by atoms with E-state index in [1.807, 2.05) is 24.3 Å². The number of benzene rings is 1. The molecule has 0 radical (unpaired) electrons. The highest BCUT2D eigenvalue weighted by molar-refractivity contribution is 5.94. The van der Waals surface area contributed by atoms with Crippen LogP contribution < -0.4 is 10.6 Å². The Morgan fingerprint density at radius 3 is 2.62 bits per heavy atom. The molecule has 0 aromatic heterocycles. The second kappa shape index (κ2) is 6.48. The zero-order chi connectivity index (χ0) is 14.7. The molecule has 2 N–H and O–H groups in total. The van der Waals surface area contributed by atoms with Gasteiger partial charge in [0.1, 0.15) is 0 Å². The molecule has 1 aliphatic carbocycles. The van der Waals surface area contributed by atoms with Crippen LogP contribution in [0.4, 0.5) is 5.69 Å². The quantitative estimate of drug-likeness (QED) is 0.874. The maximum absolute atomic E-state index is 11.9. The fourth-order valence-electron chi connectivity index (χ4n) is 2.87. The summed E-state index contributed by atoms with van der Waals surface area (Å²) in [4.78, 5) is 14.4. The zero-order valence-electron chi connectivity index (χ0n) is 12.8. The van der Waals surface area contributed by atoms with Gasteiger partial charge in [0.15, 0.2) is 0 Å². The molecule has 21 heavy (non-hydrogen) atoms. The van der Waals surface area contributed by atoms with Gasteiger partial charge < -0.3 is 15.5 Å². The van der Waals surface area contributed by atoms with Gasteiger partial charge in [-0.25, -0.2) is 0 Å². The molecule has 1 unspecified atom stereocenters. The van der Waals surface area contributed by atoms with Crippen LogP contribution in [0.25, 0.3) is 0 Å². The van der Waals surface area contributed by atoms with Crippen molar-refractivity contribution in [3.8, 4) is 0 Å². The standard InChI is InChI=1S/C17H25N3O/c1-20-11-3-2-4-16(20)12-18-14-7-5-13(6-8-14)17(21)19-15-9-10-15/h5-8,15-16,18H,2-4,9-12H2,1H3,(H,19,21). The molecule has 2 fully saturated rings. The minimum Gasteiger partial charge on any atom is -0.383 e. The van der Waals surface area contributed by atoms with E-state index in [1.165, 1.54) is 25.8 Å². The van der Waals surface area contributed by atoms with Gasteiger partial charge in [0, 0.05) is 29.9 Å². The summed E-state index contributed by atoms with van der Waals surface area (Å²) in [5.41, 5.74) is 1.85. The van der Waals surface area contributed by atoms with E-state index in [9.17, 15) is 4.79 Å². The predicted octanol–water partition coefficient (Wildman–Crippen LogP) is 2.48. The van der Waals surface area contributed by atoms with Gasteiger partial charge >= 0.3 is 0 Å². The van der Waals surface area contributed by atoms with Crippen molar-refractivity contribution < 1.29 is 4.79 Å². The Kier molecular flexibility index (Phi) is 4.44. The van der Waals surface area contributed by atoms with Gasteiger partial charge in [0.25, 0.3) is 5.91 Å². The third kappa shape index (κ3) is 3.97. The number of likely N-dealkylation sites (tertiary alicyclic amines) is 1. The highest BCUT2D eigenvalue weighted by Gasteiger charge is 2.23. The number of rotatable bonds is 5. The number of hydrogen-bond donors (Lipinski definition) is 2. The predicted molar refractivity (Wildman–Crippen MR) is 85.7 cm³/mol. The van der Waals surface area contributed by atoms with Crippen LogP contribution in [0.15, 0.2) is 24.3 Å². The Bertz CT molecular complexity index is 481.